The summed E-state index contributed by atoms with van der Waals surface area (Å²) in [5, 5.41) is 23.5. The average molecular weight is 346 g/mol. The summed E-state index contributed by atoms with van der Waals surface area (Å²) in [6, 6.07) is 12.6. The Morgan fingerprint density at radius 3 is 2.86 bits per heavy atom. The molecule has 2 aromatic carbocycles. The van der Waals surface area contributed by atoms with E-state index in [0.29, 0.717) is 11.4 Å². The van der Waals surface area contributed by atoms with E-state index < -0.39 is 0 Å². The number of nitrogens with zero attached hydrogens (tertiary/aromatic N) is 3. The quantitative estimate of drug-likeness (QED) is 0.717. The SMILES string of the molecule is OCc1nc2ccccc2n1/N=C\c1cc(Br)ccc1O. The van der Waals surface area contributed by atoms with Crippen LogP contribution in [-0.2, 0) is 6.61 Å². The molecular weight excluding hydrogens is 334 g/mol. The Bertz CT molecular complexity index is 827. The van der Waals surface area contributed by atoms with Crippen LogP contribution in [0.25, 0.3) is 11.0 Å². The maximum absolute atomic E-state index is 9.82. The number of aliphatic hydroxyl groups is 1. The lowest BCUT2D eigenvalue weighted by atomic mass is 10.2. The lowest BCUT2D eigenvalue weighted by Crippen LogP contribution is -1.98. The fraction of sp³-hybridized carbons (Fsp3) is 0.0667. The number of hydrogen-bond acceptors (Lipinski definition) is 4. The highest BCUT2D eigenvalue weighted by atomic mass is 79.9. The van der Waals surface area contributed by atoms with Crippen LogP contribution in [0.1, 0.15) is 11.4 Å². The van der Waals surface area contributed by atoms with Gasteiger partial charge in [-0.25, -0.2) is 9.66 Å². The van der Waals surface area contributed by atoms with Gasteiger partial charge in [0.05, 0.1) is 17.2 Å². The van der Waals surface area contributed by atoms with Gasteiger partial charge in [-0.05, 0) is 30.3 Å². The first kappa shape index (κ1) is 13.8. The zero-order chi connectivity index (χ0) is 14.8. The van der Waals surface area contributed by atoms with E-state index in [1.165, 1.54) is 6.21 Å². The first-order valence-corrected chi connectivity index (χ1v) is 7.08. The molecule has 0 saturated heterocycles. The number of phenolic OH excluding ortho intramolecular Hbond substituents is 1. The number of benzene rings is 2. The molecule has 1 heterocycles. The number of aliphatic hydroxyl groups excluding tert-OH is 1. The summed E-state index contributed by atoms with van der Waals surface area (Å²) in [6.45, 7) is -0.212. The highest BCUT2D eigenvalue weighted by Gasteiger charge is 2.08. The Morgan fingerprint density at radius 2 is 2.05 bits per heavy atom. The standard InChI is InChI=1S/C15H12BrN3O2/c16-11-5-6-14(21)10(7-11)8-17-19-13-4-2-1-3-12(13)18-15(19)9-20/h1-8,20-21H,9H2/b17-8-. The van der Waals surface area contributed by atoms with Crippen molar-refractivity contribution < 1.29 is 10.2 Å². The van der Waals surface area contributed by atoms with Gasteiger partial charge in [0.2, 0.25) is 0 Å². The predicted molar refractivity (Wildman–Crippen MR) is 84.5 cm³/mol. The summed E-state index contributed by atoms with van der Waals surface area (Å²) in [6.07, 6.45) is 1.54. The lowest BCUT2D eigenvalue weighted by molar-refractivity contribution is 0.267. The van der Waals surface area contributed by atoms with Crippen molar-refractivity contribution in [2.24, 2.45) is 5.10 Å². The van der Waals surface area contributed by atoms with Gasteiger partial charge in [0, 0.05) is 10.0 Å². The minimum absolute atomic E-state index is 0.136. The van der Waals surface area contributed by atoms with Crippen LogP contribution < -0.4 is 0 Å². The number of fused-ring (bicyclic) bond motifs is 1. The molecule has 0 amide bonds. The molecular formula is C15H12BrN3O2. The van der Waals surface area contributed by atoms with Crippen LogP contribution in [-0.4, -0.2) is 26.1 Å². The van der Waals surface area contributed by atoms with Gasteiger partial charge in [0.1, 0.15) is 12.4 Å². The van der Waals surface area contributed by atoms with Crippen molar-refractivity contribution in [2.75, 3.05) is 0 Å². The number of phenols is 1. The molecule has 5 nitrogen and oxygen atoms in total. The fourth-order valence-electron chi connectivity index (χ4n) is 2.04. The zero-order valence-corrected chi connectivity index (χ0v) is 12.5. The van der Waals surface area contributed by atoms with Gasteiger partial charge in [-0.1, -0.05) is 28.1 Å². The molecule has 0 radical (unpaired) electrons. The molecule has 6 heteroatoms. The Balaban J connectivity index is 2.08. The maximum Gasteiger partial charge on any atom is 0.156 e. The summed E-state index contributed by atoms with van der Waals surface area (Å²) >= 11 is 3.35. The molecule has 21 heavy (non-hydrogen) atoms. The van der Waals surface area contributed by atoms with Crippen molar-refractivity contribution in [3.05, 3.63) is 58.3 Å². The second kappa shape index (κ2) is 5.67. The molecule has 0 spiro atoms. The van der Waals surface area contributed by atoms with E-state index in [1.54, 1.807) is 22.9 Å². The predicted octanol–water partition coefficient (Wildman–Crippen LogP) is 2.88. The number of aromatic nitrogens is 2. The number of para-hydroxylation sites is 2. The van der Waals surface area contributed by atoms with Gasteiger partial charge in [-0.15, -0.1) is 0 Å². The number of aromatic hydroxyl groups is 1. The first-order chi connectivity index (χ1) is 10.2. The fourth-order valence-corrected chi connectivity index (χ4v) is 2.42. The summed E-state index contributed by atoms with van der Waals surface area (Å²) < 4.78 is 2.41. The highest BCUT2D eigenvalue weighted by molar-refractivity contribution is 9.10. The second-order valence-electron chi connectivity index (χ2n) is 4.43. The van der Waals surface area contributed by atoms with Crippen molar-refractivity contribution in [1.29, 1.82) is 0 Å². The van der Waals surface area contributed by atoms with Crippen LogP contribution in [0.4, 0.5) is 0 Å². The Kier molecular flexibility index (Phi) is 3.72. The van der Waals surface area contributed by atoms with E-state index in [4.69, 9.17) is 0 Å². The average Bonchev–Trinajstić information content (AvgIpc) is 2.86. The topological polar surface area (TPSA) is 70.6 Å². The van der Waals surface area contributed by atoms with E-state index in [2.05, 4.69) is 26.0 Å². The minimum atomic E-state index is -0.212. The number of rotatable bonds is 3. The van der Waals surface area contributed by atoms with Crippen LogP contribution in [0, 0.1) is 0 Å². The molecule has 0 aliphatic carbocycles. The van der Waals surface area contributed by atoms with E-state index in [9.17, 15) is 10.2 Å². The zero-order valence-electron chi connectivity index (χ0n) is 10.9. The van der Waals surface area contributed by atoms with Crippen LogP contribution in [0.2, 0.25) is 0 Å². The minimum Gasteiger partial charge on any atom is -0.507 e. The normalized spacial score (nSPS) is 11.5. The molecule has 0 aliphatic rings. The highest BCUT2D eigenvalue weighted by Crippen LogP contribution is 2.21. The molecule has 106 valence electrons. The van der Waals surface area contributed by atoms with Crippen LogP contribution in [0.5, 0.6) is 5.75 Å². The van der Waals surface area contributed by atoms with Crippen molar-refractivity contribution in [1.82, 2.24) is 9.66 Å². The first-order valence-electron chi connectivity index (χ1n) is 6.29. The molecule has 0 fully saturated rings. The van der Waals surface area contributed by atoms with Gasteiger partial charge in [-0.2, -0.15) is 5.10 Å². The molecule has 0 atom stereocenters. The number of halogens is 1. The van der Waals surface area contributed by atoms with Gasteiger partial charge < -0.3 is 10.2 Å². The molecule has 1 aromatic heterocycles. The van der Waals surface area contributed by atoms with Crippen LogP contribution in [0.3, 0.4) is 0 Å². The summed E-state index contributed by atoms with van der Waals surface area (Å²) in [4.78, 5) is 4.31. The van der Waals surface area contributed by atoms with Crippen LogP contribution >= 0.6 is 15.9 Å². The van der Waals surface area contributed by atoms with Gasteiger partial charge in [0.25, 0.3) is 0 Å². The monoisotopic (exact) mass is 345 g/mol. The summed E-state index contributed by atoms with van der Waals surface area (Å²) in [5.41, 5.74) is 2.13. The third kappa shape index (κ3) is 2.68. The Hall–Kier alpha value is -2.18. The van der Waals surface area contributed by atoms with Crippen molar-refractivity contribution in [3.63, 3.8) is 0 Å². The maximum atomic E-state index is 9.82. The summed E-state index contributed by atoms with van der Waals surface area (Å²) in [7, 11) is 0. The molecule has 0 aliphatic heterocycles. The largest absolute Gasteiger partial charge is 0.507 e. The van der Waals surface area contributed by atoms with Crippen molar-refractivity contribution >= 4 is 33.2 Å². The molecule has 0 unspecified atom stereocenters. The molecule has 3 rings (SSSR count). The lowest BCUT2D eigenvalue weighted by Gasteiger charge is -2.02. The summed E-state index contributed by atoms with van der Waals surface area (Å²) in [5.74, 6) is 0.582. The van der Waals surface area contributed by atoms with E-state index in [1.807, 2.05) is 24.3 Å². The number of imidazole rings is 1. The van der Waals surface area contributed by atoms with Crippen molar-refractivity contribution in [3.8, 4) is 5.75 Å². The Morgan fingerprint density at radius 1 is 1.24 bits per heavy atom. The third-order valence-corrected chi connectivity index (χ3v) is 3.54. The smallest absolute Gasteiger partial charge is 0.156 e. The molecule has 0 saturated carbocycles. The van der Waals surface area contributed by atoms with E-state index >= 15 is 0 Å². The van der Waals surface area contributed by atoms with Gasteiger partial charge in [-0.3, -0.25) is 0 Å². The van der Waals surface area contributed by atoms with E-state index in [-0.39, 0.29) is 12.4 Å². The second-order valence-corrected chi connectivity index (χ2v) is 5.35. The van der Waals surface area contributed by atoms with Gasteiger partial charge >= 0.3 is 0 Å². The van der Waals surface area contributed by atoms with E-state index in [0.717, 1.165) is 15.5 Å². The van der Waals surface area contributed by atoms with Crippen LogP contribution in [0.15, 0.2) is 52.0 Å². The molecule has 0 bridgehead atoms. The van der Waals surface area contributed by atoms with Crippen molar-refractivity contribution in [2.45, 2.75) is 6.61 Å². The number of hydrogen-bond donors (Lipinski definition) is 2. The Labute approximate surface area is 129 Å². The molecule has 2 N–H and O–H groups in total. The molecule has 3 aromatic rings. The van der Waals surface area contributed by atoms with Gasteiger partial charge in [0.15, 0.2) is 5.82 Å². The third-order valence-electron chi connectivity index (χ3n) is 3.05.